The van der Waals surface area contributed by atoms with Crippen LogP contribution in [0.5, 0.6) is 0 Å². The summed E-state index contributed by atoms with van der Waals surface area (Å²) >= 11 is 4.65. The van der Waals surface area contributed by atoms with Crippen molar-refractivity contribution in [2.45, 2.75) is 5.03 Å². The first-order chi connectivity index (χ1) is 9.11. The van der Waals surface area contributed by atoms with Crippen molar-refractivity contribution >= 4 is 45.2 Å². The molecule has 0 saturated heterocycles. The van der Waals surface area contributed by atoms with E-state index in [1.807, 2.05) is 24.3 Å². The molecule has 1 aromatic carbocycles. The number of benzene rings is 1. The van der Waals surface area contributed by atoms with Crippen molar-refractivity contribution in [3.05, 3.63) is 40.4 Å². The van der Waals surface area contributed by atoms with Crippen LogP contribution in [0.15, 0.2) is 39.8 Å². The Morgan fingerprint density at radius 3 is 2.74 bits per heavy atom. The van der Waals surface area contributed by atoms with Crippen LogP contribution in [-0.2, 0) is 0 Å². The molecule has 1 aromatic heterocycles. The van der Waals surface area contributed by atoms with E-state index >= 15 is 0 Å². The van der Waals surface area contributed by atoms with Crippen LogP contribution in [0.1, 0.15) is 10.4 Å². The van der Waals surface area contributed by atoms with E-state index in [0.717, 1.165) is 10.2 Å². The van der Waals surface area contributed by atoms with Crippen molar-refractivity contribution in [2.24, 2.45) is 0 Å². The minimum atomic E-state index is -1.02. The van der Waals surface area contributed by atoms with Crippen LogP contribution in [0.3, 0.4) is 0 Å². The Balaban J connectivity index is 2.34. The van der Waals surface area contributed by atoms with Crippen molar-refractivity contribution in [2.75, 3.05) is 11.6 Å². The van der Waals surface area contributed by atoms with E-state index in [4.69, 9.17) is 5.11 Å². The van der Waals surface area contributed by atoms with Gasteiger partial charge in [-0.25, -0.2) is 4.79 Å². The van der Waals surface area contributed by atoms with Gasteiger partial charge in [0.25, 0.3) is 0 Å². The van der Waals surface area contributed by atoms with Crippen LogP contribution in [0.25, 0.3) is 0 Å². The molecule has 5 nitrogen and oxygen atoms in total. The second kappa shape index (κ2) is 6.03. The molecular formula is C12H10BrN3O2S. The predicted octanol–water partition coefficient (Wildman–Crippen LogP) is 3.40. The molecular weight excluding hydrogens is 330 g/mol. The molecule has 0 amide bonds. The van der Waals surface area contributed by atoms with Gasteiger partial charge in [0.2, 0.25) is 0 Å². The SMILES string of the molecule is CSc1nnc(Nc2ccccc2Br)cc1C(=O)O. The third kappa shape index (κ3) is 3.24. The maximum Gasteiger partial charge on any atom is 0.338 e. The molecule has 0 spiro atoms. The molecule has 1 heterocycles. The number of anilines is 2. The summed E-state index contributed by atoms with van der Waals surface area (Å²) in [6.45, 7) is 0. The second-order valence-corrected chi connectivity index (χ2v) is 5.21. The zero-order valence-corrected chi connectivity index (χ0v) is 12.3. The fraction of sp³-hybridized carbons (Fsp3) is 0.0833. The van der Waals surface area contributed by atoms with E-state index in [9.17, 15) is 4.79 Å². The molecule has 19 heavy (non-hydrogen) atoms. The summed E-state index contributed by atoms with van der Waals surface area (Å²) in [6.07, 6.45) is 1.76. The summed E-state index contributed by atoms with van der Waals surface area (Å²) in [5.74, 6) is -0.628. The standard InChI is InChI=1S/C12H10BrN3O2S/c1-19-11-7(12(17)18)6-10(15-16-11)14-9-5-3-2-4-8(9)13/h2-6H,1H3,(H,14,15)(H,17,18). The fourth-order valence-electron chi connectivity index (χ4n) is 1.45. The van der Waals surface area contributed by atoms with E-state index in [2.05, 4.69) is 31.4 Å². The number of nitrogens with zero attached hydrogens (tertiary/aromatic N) is 2. The van der Waals surface area contributed by atoms with Crippen molar-refractivity contribution in [1.82, 2.24) is 10.2 Å². The maximum absolute atomic E-state index is 11.1. The highest BCUT2D eigenvalue weighted by Gasteiger charge is 2.13. The molecule has 0 aliphatic heterocycles. The Labute approximate surface area is 122 Å². The molecule has 2 aromatic rings. The number of thioether (sulfide) groups is 1. The average molecular weight is 340 g/mol. The lowest BCUT2D eigenvalue weighted by Crippen LogP contribution is -2.05. The average Bonchev–Trinajstić information content (AvgIpc) is 2.41. The highest BCUT2D eigenvalue weighted by atomic mass is 79.9. The molecule has 0 radical (unpaired) electrons. The number of nitrogens with one attached hydrogen (secondary N) is 1. The van der Waals surface area contributed by atoms with Crippen LogP contribution < -0.4 is 5.32 Å². The first kappa shape index (κ1) is 13.8. The summed E-state index contributed by atoms with van der Waals surface area (Å²) in [4.78, 5) is 11.1. The van der Waals surface area contributed by atoms with Gasteiger partial charge in [-0.05, 0) is 40.4 Å². The lowest BCUT2D eigenvalue weighted by atomic mass is 10.3. The number of carboxylic acids is 1. The van der Waals surface area contributed by atoms with Gasteiger partial charge in [-0.1, -0.05) is 12.1 Å². The predicted molar refractivity (Wildman–Crippen MR) is 78.2 cm³/mol. The van der Waals surface area contributed by atoms with Gasteiger partial charge in [0.15, 0.2) is 5.82 Å². The number of carboxylic acid groups (broad SMARTS) is 1. The van der Waals surface area contributed by atoms with E-state index in [1.54, 1.807) is 6.26 Å². The number of para-hydroxylation sites is 1. The fourth-order valence-corrected chi connectivity index (χ4v) is 2.32. The van der Waals surface area contributed by atoms with Gasteiger partial charge in [0.1, 0.15) is 5.03 Å². The van der Waals surface area contributed by atoms with Crippen LogP contribution in [-0.4, -0.2) is 27.5 Å². The quantitative estimate of drug-likeness (QED) is 0.831. The van der Waals surface area contributed by atoms with E-state index in [-0.39, 0.29) is 5.56 Å². The lowest BCUT2D eigenvalue weighted by Gasteiger charge is -2.08. The molecule has 0 fully saturated rings. The Bertz CT molecular complexity index is 622. The Hall–Kier alpha value is -1.60. The van der Waals surface area contributed by atoms with Gasteiger partial charge >= 0.3 is 5.97 Å². The largest absolute Gasteiger partial charge is 0.478 e. The van der Waals surface area contributed by atoms with Crippen LogP contribution in [0.4, 0.5) is 11.5 Å². The van der Waals surface area contributed by atoms with Gasteiger partial charge in [0, 0.05) is 4.47 Å². The van der Waals surface area contributed by atoms with Crippen molar-refractivity contribution in [3.8, 4) is 0 Å². The van der Waals surface area contributed by atoms with Gasteiger partial charge in [0.05, 0.1) is 11.3 Å². The number of carbonyl (C=O) groups is 1. The molecule has 7 heteroatoms. The Morgan fingerprint density at radius 1 is 1.37 bits per heavy atom. The Kier molecular flexibility index (Phi) is 4.39. The maximum atomic E-state index is 11.1. The highest BCUT2D eigenvalue weighted by Crippen LogP contribution is 2.26. The smallest absolute Gasteiger partial charge is 0.338 e. The molecule has 2 rings (SSSR count). The lowest BCUT2D eigenvalue weighted by molar-refractivity contribution is 0.0692. The van der Waals surface area contributed by atoms with Crippen LogP contribution in [0, 0.1) is 0 Å². The zero-order chi connectivity index (χ0) is 13.8. The topological polar surface area (TPSA) is 75.1 Å². The number of aromatic nitrogens is 2. The highest BCUT2D eigenvalue weighted by molar-refractivity contribution is 9.10. The van der Waals surface area contributed by atoms with Crippen molar-refractivity contribution < 1.29 is 9.90 Å². The van der Waals surface area contributed by atoms with Gasteiger partial charge in [-0.2, -0.15) is 0 Å². The molecule has 98 valence electrons. The van der Waals surface area contributed by atoms with E-state index in [0.29, 0.717) is 10.8 Å². The zero-order valence-electron chi connectivity index (χ0n) is 9.92. The third-order valence-electron chi connectivity index (χ3n) is 2.32. The number of aromatic carboxylic acids is 1. The molecule has 2 N–H and O–H groups in total. The van der Waals surface area contributed by atoms with Crippen LogP contribution >= 0.6 is 27.7 Å². The second-order valence-electron chi connectivity index (χ2n) is 3.56. The summed E-state index contributed by atoms with van der Waals surface area (Å²) < 4.78 is 0.864. The molecule has 0 bridgehead atoms. The van der Waals surface area contributed by atoms with Crippen LogP contribution in [0.2, 0.25) is 0 Å². The van der Waals surface area contributed by atoms with E-state index < -0.39 is 5.97 Å². The molecule has 0 unspecified atom stereocenters. The molecule has 0 saturated carbocycles. The summed E-state index contributed by atoms with van der Waals surface area (Å²) in [6, 6.07) is 8.97. The summed E-state index contributed by atoms with van der Waals surface area (Å²) in [5.41, 5.74) is 0.932. The Morgan fingerprint density at radius 2 is 2.11 bits per heavy atom. The summed E-state index contributed by atoms with van der Waals surface area (Å²) in [7, 11) is 0. The normalized spacial score (nSPS) is 10.2. The van der Waals surface area contributed by atoms with Crippen molar-refractivity contribution in [1.29, 1.82) is 0 Å². The molecule has 0 atom stereocenters. The summed E-state index contributed by atoms with van der Waals surface area (Å²) in [5, 5.41) is 20.4. The third-order valence-corrected chi connectivity index (χ3v) is 3.70. The monoisotopic (exact) mass is 339 g/mol. The van der Waals surface area contributed by atoms with Crippen molar-refractivity contribution in [3.63, 3.8) is 0 Å². The molecule has 0 aliphatic carbocycles. The number of hydrogen-bond acceptors (Lipinski definition) is 5. The number of hydrogen-bond donors (Lipinski definition) is 2. The number of halogens is 1. The van der Waals surface area contributed by atoms with Gasteiger partial charge in [-0.3, -0.25) is 0 Å². The molecule has 0 aliphatic rings. The first-order valence-corrected chi connectivity index (χ1v) is 7.30. The number of rotatable bonds is 4. The van der Waals surface area contributed by atoms with E-state index in [1.165, 1.54) is 17.8 Å². The minimum absolute atomic E-state index is 0.136. The van der Waals surface area contributed by atoms with Gasteiger partial charge < -0.3 is 10.4 Å². The first-order valence-electron chi connectivity index (χ1n) is 5.28. The minimum Gasteiger partial charge on any atom is -0.478 e. The van der Waals surface area contributed by atoms with Gasteiger partial charge in [-0.15, -0.1) is 22.0 Å².